The molecule has 2 bridgehead atoms. The zero-order valence-corrected chi connectivity index (χ0v) is 10.8. The van der Waals surface area contributed by atoms with Gasteiger partial charge in [-0.05, 0) is 37.9 Å². The number of hydrazine groups is 1. The first-order valence-electron chi connectivity index (χ1n) is 6.72. The third-order valence-electron chi connectivity index (χ3n) is 4.19. The lowest BCUT2D eigenvalue weighted by Crippen LogP contribution is -2.57. The third-order valence-corrected chi connectivity index (χ3v) is 4.19. The zero-order valence-electron chi connectivity index (χ0n) is 10.8. The Morgan fingerprint density at radius 3 is 2.84 bits per heavy atom. The minimum absolute atomic E-state index is 0.0749. The molecule has 1 aromatic rings. The number of aromatic nitrogens is 1. The molecule has 1 amide bonds. The minimum atomic E-state index is -0.0749. The fraction of sp³-hybridized carbons (Fsp3) is 0.538. The van der Waals surface area contributed by atoms with Crippen LogP contribution in [0.25, 0.3) is 0 Å². The van der Waals surface area contributed by atoms with Crippen LogP contribution < -0.4 is 16.6 Å². The van der Waals surface area contributed by atoms with Crippen LogP contribution in [-0.2, 0) is 0 Å². The molecule has 6 nitrogen and oxygen atoms in total. The van der Waals surface area contributed by atoms with Gasteiger partial charge in [0.05, 0.1) is 17.4 Å². The maximum Gasteiger partial charge on any atom is 0.253 e. The molecule has 3 fully saturated rings. The first-order valence-corrected chi connectivity index (χ1v) is 6.72. The van der Waals surface area contributed by atoms with Gasteiger partial charge in [0, 0.05) is 18.8 Å². The highest BCUT2D eigenvalue weighted by atomic mass is 16.1. The number of nitrogens with two attached hydrogens (primary N) is 1. The molecular weight excluding hydrogens is 242 g/mol. The molecule has 1 unspecified atom stereocenters. The van der Waals surface area contributed by atoms with Crippen LogP contribution in [0.4, 0.5) is 5.69 Å². The molecule has 0 saturated carbocycles. The Hall–Kier alpha value is -1.66. The molecule has 0 spiro atoms. The molecule has 3 aliphatic rings. The summed E-state index contributed by atoms with van der Waals surface area (Å²) < 4.78 is 0. The first kappa shape index (κ1) is 12.4. The maximum atomic E-state index is 12.3. The number of hydrogen-bond donors (Lipinski definition) is 3. The zero-order chi connectivity index (χ0) is 13.2. The fourth-order valence-electron chi connectivity index (χ4n) is 3.08. The summed E-state index contributed by atoms with van der Waals surface area (Å²) in [5.41, 5.74) is 3.62. The monoisotopic (exact) mass is 261 g/mol. The topological polar surface area (TPSA) is 83.3 Å². The lowest BCUT2D eigenvalue weighted by molar-refractivity contribution is 0.0621. The molecule has 3 aliphatic heterocycles. The fourth-order valence-corrected chi connectivity index (χ4v) is 3.08. The summed E-state index contributed by atoms with van der Waals surface area (Å²) in [5, 5.41) is 3.14. The second kappa shape index (κ2) is 5.14. The summed E-state index contributed by atoms with van der Waals surface area (Å²) in [6, 6.07) is 1.94. The molecule has 1 atom stereocenters. The van der Waals surface area contributed by atoms with Crippen LogP contribution in [0.1, 0.15) is 23.2 Å². The number of fused-ring (bicyclic) bond motifs is 3. The van der Waals surface area contributed by atoms with Crippen LogP contribution in [0.2, 0.25) is 0 Å². The summed E-state index contributed by atoms with van der Waals surface area (Å²) in [7, 11) is 0. The smallest absolute Gasteiger partial charge is 0.253 e. The van der Waals surface area contributed by atoms with Crippen molar-refractivity contribution in [2.45, 2.75) is 18.9 Å². The molecule has 3 saturated heterocycles. The van der Waals surface area contributed by atoms with E-state index in [0.29, 0.717) is 17.2 Å². The molecule has 1 aromatic heterocycles. The third kappa shape index (κ3) is 2.41. The van der Waals surface area contributed by atoms with Gasteiger partial charge in [0.15, 0.2) is 0 Å². The number of piperidine rings is 3. The van der Waals surface area contributed by atoms with E-state index in [1.165, 1.54) is 25.9 Å². The Morgan fingerprint density at radius 2 is 2.21 bits per heavy atom. The Labute approximate surface area is 112 Å². The number of nitrogen functional groups attached to an aromatic ring is 1. The average Bonchev–Trinajstić information content (AvgIpc) is 2.48. The summed E-state index contributed by atoms with van der Waals surface area (Å²) in [5.74, 6) is 5.94. The number of amides is 1. The quantitative estimate of drug-likeness (QED) is 0.534. The van der Waals surface area contributed by atoms with Crippen molar-refractivity contribution in [2.75, 3.05) is 25.1 Å². The summed E-state index contributed by atoms with van der Waals surface area (Å²) in [6.07, 6.45) is 5.53. The molecular formula is C13H19N5O. The van der Waals surface area contributed by atoms with E-state index < -0.39 is 0 Å². The van der Waals surface area contributed by atoms with Gasteiger partial charge in [0.2, 0.25) is 0 Å². The van der Waals surface area contributed by atoms with Gasteiger partial charge in [-0.1, -0.05) is 0 Å². The van der Waals surface area contributed by atoms with E-state index in [1.807, 2.05) is 0 Å². The normalized spacial score (nSPS) is 29.0. The van der Waals surface area contributed by atoms with Crippen LogP contribution in [0.3, 0.4) is 0 Å². The number of pyridine rings is 1. The molecule has 4 N–H and O–H groups in total. The van der Waals surface area contributed by atoms with Gasteiger partial charge in [-0.2, -0.15) is 0 Å². The van der Waals surface area contributed by atoms with Crippen molar-refractivity contribution >= 4 is 11.6 Å². The van der Waals surface area contributed by atoms with Gasteiger partial charge >= 0.3 is 0 Å². The van der Waals surface area contributed by atoms with Crippen molar-refractivity contribution in [3.63, 3.8) is 0 Å². The second-order valence-corrected chi connectivity index (χ2v) is 5.28. The highest BCUT2D eigenvalue weighted by Gasteiger charge is 2.35. The Balaban J connectivity index is 1.71. The number of nitrogens with one attached hydrogen (secondary N) is 2. The predicted octanol–water partition coefficient (Wildman–Crippen LogP) is 0.191. The molecule has 4 heterocycles. The molecule has 0 aromatic carbocycles. The van der Waals surface area contributed by atoms with Crippen LogP contribution in [0.15, 0.2) is 18.5 Å². The van der Waals surface area contributed by atoms with Crippen LogP contribution in [0.5, 0.6) is 0 Å². The van der Waals surface area contributed by atoms with E-state index in [1.54, 1.807) is 18.5 Å². The Morgan fingerprint density at radius 1 is 1.42 bits per heavy atom. The van der Waals surface area contributed by atoms with Gasteiger partial charge in [-0.3, -0.25) is 15.6 Å². The molecule has 19 heavy (non-hydrogen) atoms. The van der Waals surface area contributed by atoms with Crippen molar-refractivity contribution in [3.05, 3.63) is 24.0 Å². The molecule has 0 radical (unpaired) electrons. The predicted molar refractivity (Wildman–Crippen MR) is 72.5 cm³/mol. The van der Waals surface area contributed by atoms with Gasteiger partial charge in [0.25, 0.3) is 5.91 Å². The van der Waals surface area contributed by atoms with Gasteiger partial charge in [-0.25, -0.2) is 0 Å². The number of rotatable bonds is 3. The number of hydrogen-bond acceptors (Lipinski definition) is 5. The van der Waals surface area contributed by atoms with Gasteiger partial charge in [0.1, 0.15) is 0 Å². The van der Waals surface area contributed by atoms with E-state index in [2.05, 4.69) is 20.6 Å². The van der Waals surface area contributed by atoms with Crippen LogP contribution >= 0.6 is 0 Å². The lowest BCUT2D eigenvalue weighted by atomic mass is 9.84. The maximum absolute atomic E-state index is 12.3. The van der Waals surface area contributed by atoms with Crippen LogP contribution in [-0.4, -0.2) is 41.5 Å². The van der Waals surface area contributed by atoms with Gasteiger partial charge < -0.3 is 15.6 Å². The Kier molecular flexibility index (Phi) is 3.35. The van der Waals surface area contributed by atoms with E-state index in [4.69, 9.17) is 5.84 Å². The Bertz CT molecular complexity index is 470. The molecule has 0 aliphatic carbocycles. The number of nitrogens with zero attached hydrogens (tertiary/aromatic N) is 2. The largest absolute Gasteiger partial charge is 0.348 e. The average molecular weight is 261 g/mol. The molecule has 6 heteroatoms. The standard InChI is InChI=1S/C13H19N5O/c14-17-11-7-15-4-1-10(11)13(19)16-12-8-18-5-2-9(12)3-6-18/h1,4,7,9,12,17H,2-3,5-6,8,14H2,(H,16,19). The number of carbonyl (C=O) groups excluding carboxylic acids is 1. The summed E-state index contributed by atoms with van der Waals surface area (Å²) >= 11 is 0. The highest BCUT2D eigenvalue weighted by molar-refractivity contribution is 5.99. The van der Waals surface area contributed by atoms with Crippen molar-refractivity contribution < 1.29 is 4.79 Å². The van der Waals surface area contributed by atoms with Crippen molar-refractivity contribution in [1.82, 2.24) is 15.2 Å². The number of anilines is 1. The van der Waals surface area contributed by atoms with E-state index in [0.717, 1.165) is 6.54 Å². The summed E-state index contributed by atoms with van der Waals surface area (Å²) in [4.78, 5) is 18.7. The minimum Gasteiger partial charge on any atom is -0.348 e. The summed E-state index contributed by atoms with van der Waals surface area (Å²) in [6.45, 7) is 3.30. The van der Waals surface area contributed by atoms with E-state index in [9.17, 15) is 4.79 Å². The highest BCUT2D eigenvalue weighted by Crippen LogP contribution is 2.27. The van der Waals surface area contributed by atoms with Crippen molar-refractivity contribution in [3.8, 4) is 0 Å². The number of carbonyl (C=O) groups is 1. The van der Waals surface area contributed by atoms with Crippen molar-refractivity contribution in [2.24, 2.45) is 11.8 Å². The first-order chi connectivity index (χ1) is 9.28. The SMILES string of the molecule is NNc1cnccc1C(=O)NC1CN2CCC1CC2. The lowest BCUT2D eigenvalue weighted by Gasteiger charge is -2.44. The second-order valence-electron chi connectivity index (χ2n) is 5.28. The molecule has 4 rings (SSSR count). The van der Waals surface area contributed by atoms with Crippen LogP contribution in [0, 0.1) is 5.92 Å². The molecule has 102 valence electrons. The van der Waals surface area contributed by atoms with E-state index in [-0.39, 0.29) is 11.9 Å². The van der Waals surface area contributed by atoms with E-state index >= 15 is 0 Å². The van der Waals surface area contributed by atoms with Crippen molar-refractivity contribution in [1.29, 1.82) is 0 Å². The van der Waals surface area contributed by atoms with Gasteiger partial charge in [-0.15, -0.1) is 0 Å².